The highest BCUT2D eigenvalue weighted by Gasteiger charge is 2.45. The molecule has 1 fully saturated rings. The zero-order valence-corrected chi connectivity index (χ0v) is 15.7. The number of unbranched alkanes of at least 4 members (excludes halogenated alkanes) is 2. The molecule has 5 nitrogen and oxygen atoms in total. The first kappa shape index (κ1) is 18.8. The third kappa shape index (κ3) is 3.77. The van der Waals surface area contributed by atoms with Crippen LogP contribution in [0.15, 0.2) is 54.4 Å². The van der Waals surface area contributed by atoms with Gasteiger partial charge in [-0.1, -0.05) is 49.6 Å². The molecule has 1 N–H and O–H groups in total. The van der Waals surface area contributed by atoms with E-state index in [4.69, 9.17) is 0 Å². The number of aliphatic hydroxyl groups excluding tert-OH is 1. The van der Waals surface area contributed by atoms with Gasteiger partial charge in [-0.15, -0.1) is 0 Å². The highest BCUT2D eigenvalue weighted by molar-refractivity contribution is 6.46. The molecule has 0 bridgehead atoms. The molecule has 27 heavy (non-hydrogen) atoms. The summed E-state index contributed by atoms with van der Waals surface area (Å²) in [5.41, 5.74) is 2.50. The van der Waals surface area contributed by atoms with Crippen molar-refractivity contribution in [1.82, 2.24) is 9.88 Å². The van der Waals surface area contributed by atoms with Gasteiger partial charge in [0.15, 0.2) is 0 Å². The van der Waals surface area contributed by atoms with Crippen LogP contribution in [0.5, 0.6) is 0 Å². The number of likely N-dealkylation sites (tertiary alicyclic amines) is 1. The fraction of sp³-hybridized carbons (Fsp3) is 0.318. The molecule has 0 saturated carbocycles. The van der Waals surface area contributed by atoms with Crippen LogP contribution >= 0.6 is 0 Å². The highest BCUT2D eigenvalue weighted by atomic mass is 16.3. The van der Waals surface area contributed by atoms with Crippen molar-refractivity contribution in [1.29, 1.82) is 0 Å². The molecule has 2 heterocycles. The summed E-state index contributed by atoms with van der Waals surface area (Å²) in [7, 11) is 0. The number of benzene rings is 1. The lowest BCUT2D eigenvalue weighted by molar-refractivity contribution is -0.139. The average Bonchev–Trinajstić information content (AvgIpc) is 2.94. The lowest BCUT2D eigenvalue weighted by Gasteiger charge is -2.25. The average molecular weight is 364 g/mol. The van der Waals surface area contributed by atoms with Crippen LogP contribution in [0.3, 0.4) is 0 Å². The number of rotatable bonds is 6. The Kier molecular flexibility index (Phi) is 5.69. The second kappa shape index (κ2) is 8.16. The number of carbonyl (C=O) groups excluding carboxylic acids is 2. The van der Waals surface area contributed by atoms with Crippen LogP contribution in [-0.4, -0.2) is 33.2 Å². The Morgan fingerprint density at radius 1 is 1.07 bits per heavy atom. The molecule has 1 unspecified atom stereocenters. The monoisotopic (exact) mass is 364 g/mol. The molecular weight excluding hydrogens is 340 g/mol. The maximum atomic E-state index is 12.8. The Labute approximate surface area is 159 Å². The van der Waals surface area contributed by atoms with Gasteiger partial charge in [-0.05, 0) is 31.0 Å². The molecule has 0 aliphatic carbocycles. The van der Waals surface area contributed by atoms with E-state index in [0.717, 1.165) is 30.4 Å². The summed E-state index contributed by atoms with van der Waals surface area (Å²) in [5, 5.41) is 10.9. The van der Waals surface area contributed by atoms with Gasteiger partial charge in [-0.2, -0.15) is 0 Å². The molecule has 3 rings (SSSR count). The SMILES string of the molecule is CCCCCN1C(=O)C(=O)/C(=C(\O)c2ccc(C)cc2)C1c1ccncc1. The molecule has 1 saturated heterocycles. The minimum absolute atomic E-state index is 0.131. The fourth-order valence-corrected chi connectivity index (χ4v) is 3.40. The standard InChI is InChI=1S/C22H24N2O3/c1-3-4-5-14-24-19(16-10-12-23-13-11-16)18(21(26)22(24)27)20(25)17-8-6-15(2)7-9-17/h6-13,19,25H,3-5,14H2,1-2H3/b20-18-. The van der Waals surface area contributed by atoms with Gasteiger partial charge in [0.1, 0.15) is 5.76 Å². The predicted molar refractivity (Wildman–Crippen MR) is 104 cm³/mol. The Morgan fingerprint density at radius 3 is 2.37 bits per heavy atom. The second-order valence-electron chi connectivity index (χ2n) is 6.85. The maximum Gasteiger partial charge on any atom is 0.295 e. The third-order valence-corrected chi connectivity index (χ3v) is 4.89. The van der Waals surface area contributed by atoms with E-state index in [1.165, 1.54) is 0 Å². The maximum absolute atomic E-state index is 12.8. The number of nitrogens with zero attached hydrogens (tertiary/aromatic N) is 2. The summed E-state index contributed by atoms with van der Waals surface area (Å²) >= 11 is 0. The Bertz CT molecular complexity index is 857. The normalized spacial score (nSPS) is 18.9. The number of pyridine rings is 1. The number of amides is 1. The number of aromatic nitrogens is 1. The first-order valence-corrected chi connectivity index (χ1v) is 9.30. The van der Waals surface area contributed by atoms with Crippen LogP contribution in [-0.2, 0) is 9.59 Å². The minimum Gasteiger partial charge on any atom is -0.507 e. The second-order valence-corrected chi connectivity index (χ2v) is 6.85. The van der Waals surface area contributed by atoms with Gasteiger partial charge in [0.25, 0.3) is 11.7 Å². The molecule has 0 radical (unpaired) electrons. The van der Waals surface area contributed by atoms with Crippen molar-refractivity contribution in [2.75, 3.05) is 6.54 Å². The van der Waals surface area contributed by atoms with Gasteiger partial charge >= 0.3 is 0 Å². The third-order valence-electron chi connectivity index (χ3n) is 4.89. The van der Waals surface area contributed by atoms with Crippen molar-refractivity contribution < 1.29 is 14.7 Å². The van der Waals surface area contributed by atoms with Crippen LogP contribution in [0.1, 0.15) is 48.9 Å². The molecule has 1 atom stereocenters. The molecule has 140 valence electrons. The zero-order chi connectivity index (χ0) is 19.4. The van der Waals surface area contributed by atoms with E-state index < -0.39 is 17.7 Å². The molecular formula is C22H24N2O3. The van der Waals surface area contributed by atoms with E-state index >= 15 is 0 Å². The molecule has 1 aromatic carbocycles. The van der Waals surface area contributed by atoms with E-state index in [-0.39, 0.29) is 11.3 Å². The zero-order valence-electron chi connectivity index (χ0n) is 15.7. The molecule has 2 aromatic rings. The van der Waals surface area contributed by atoms with Crippen LogP contribution in [0.25, 0.3) is 5.76 Å². The number of ketones is 1. The lowest BCUT2D eigenvalue weighted by Crippen LogP contribution is -2.30. The van der Waals surface area contributed by atoms with E-state index in [2.05, 4.69) is 11.9 Å². The molecule has 0 spiro atoms. The van der Waals surface area contributed by atoms with Crippen molar-refractivity contribution in [3.63, 3.8) is 0 Å². The van der Waals surface area contributed by atoms with E-state index in [1.807, 2.05) is 19.1 Å². The lowest BCUT2D eigenvalue weighted by atomic mass is 9.95. The van der Waals surface area contributed by atoms with Gasteiger partial charge in [0, 0.05) is 24.5 Å². The summed E-state index contributed by atoms with van der Waals surface area (Å²) in [5.74, 6) is -1.32. The summed E-state index contributed by atoms with van der Waals surface area (Å²) in [4.78, 5) is 31.1. The Hall–Kier alpha value is -2.95. The van der Waals surface area contributed by atoms with Crippen LogP contribution in [0, 0.1) is 6.92 Å². The molecule has 1 aliphatic rings. The van der Waals surface area contributed by atoms with Crippen LogP contribution in [0.2, 0.25) is 0 Å². The topological polar surface area (TPSA) is 70.5 Å². The van der Waals surface area contributed by atoms with Crippen molar-refractivity contribution in [2.45, 2.75) is 39.2 Å². The van der Waals surface area contributed by atoms with E-state index in [0.29, 0.717) is 12.1 Å². The molecule has 1 aliphatic heterocycles. The summed E-state index contributed by atoms with van der Waals surface area (Å²) in [6.45, 7) is 4.52. The van der Waals surface area contributed by atoms with Crippen molar-refractivity contribution >= 4 is 17.4 Å². The van der Waals surface area contributed by atoms with E-state index in [9.17, 15) is 14.7 Å². The smallest absolute Gasteiger partial charge is 0.295 e. The van der Waals surface area contributed by atoms with Crippen LogP contribution < -0.4 is 0 Å². The van der Waals surface area contributed by atoms with Gasteiger partial charge in [-0.3, -0.25) is 14.6 Å². The van der Waals surface area contributed by atoms with Gasteiger partial charge < -0.3 is 10.0 Å². The number of hydrogen-bond donors (Lipinski definition) is 1. The number of carbonyl (C=O) groups is 2. The quantitative estimate of drug-likeness (QED) is 0.364. The predicted octanol–water partition coefficient (Wildman–Crippen LogP) is 4.00. The number of Topliss-reactive ketones (excluding diaryl/α,β-unsaturated/α-hetero) is 1. The van der Waals surface area contributed by atoms with Gasteiger partial charge in [0.05, 0.1) is 11.6 Å². The number of aryl methyl sites for hydroxylation is 1. The molecule has 5 heteroatoms. The molecule has 1 aromatic heterocycles. The first-order valence-electron chi connectivity index (χ1n) is 9.30. The van der Waals surface area contributed by atoms with Crippen molar-refractivity contribution in [3.8, 4) is 0 Å². The molecule has 1 amide bonds. The van der Waals surface area contributed by atoms with E-state index in [1.54, 1.807) is 41.6 Å². The fourth-order valence-electron chi connectivity index (χ4n) is 3.40. The Morgan fingerprint density at radius 2 is 1.74 bits per heavy atom. The Balaban J connectivity index is 2.09. The van der Waals surface area contributed by atoms with Crippen molar-refractivity contribution in [3.05, 3.63) is 71.1 Å². The summed E-state index contributed by atoms with van der Waals surface area (Å²) in [6.07, 6.45) is 6.08. The summed E-state index contributed by atoms with van der Waals surface area (Å²) in [6, 6.07) is 10.2. The van der Waals surface area contributed by atoms with Crippen LogP contribution in [0.4, 0.5) is 0 Å². The van der Waals surface area contributed by atoms with Gasteiger partial charge in [-0.25, -0.2) is 0 Å². The highest BCUT2D eigenvalue weighted by Crippen LogP contribution is 2.39. The number of aliphatic hydroxyl groups is 1. The minimum atomic E-state index is -0.633. The van der Waals surface area contributed by atoms with Crippen molar-refractivity contribution in [2.24, 2.45) is 0 Å². The largest absolute Gasteiger partial charge is 0.507 e. The van der Waals surface area contributed by atoms with Gasteiger partial charge in [0.2, 0.25) is 0 Å². The summed E-state index contributed by atoms with van der Waals surface area (Å²) < 4.78 is 0. The first-order chi connectivity index (χ1) is 13.0. The number of hydrogen-bond acceptors (Lipinski definition) is 4.